The van der Waals surface area contributed by atoms with Crippen molar-refractivity contribution in [2.24, 2.45) is 5.73 Å². The summed E-state index contributed by atoms with van der Waals surface area (Å²) in [5.74, 6) is 0. The van der Waals surface area contributed by atoms with E-state index < -0.39 is 7.12 Å². The van der Waals surface area contributed by atoms with E-state index in [4.69, 9.17) is 25.4 Å². The molecule has 4 N–H and O–H groups in total. The van der Waals surface area contributed by atoms with Crippen molar-refractivity contribution in [3.63, 3.8) is 0 Å². The van der Waals surface area contributed by atoms with Crippen molar-refractivity contribution in [1.82, 2.24) is 9.80 Å². The van der Waals surface area contributed by atoms with Crippen molar-refractivity contribution < 1.29 is 19.6 Å². The van der Waals surface area contributed by atoms with Crippen LogP contribution in [0.2, 0.25) is 6.32 Å². The van der Waals surface area contributed by atoms with Gasteiger partial charge in [0, 0.05) is 19.1 Å². The third-order valence-corrected chi connectivity index (χ3v) is 3.92. The second kappa shape index (κ2) is 13.9. The third-order valence-electron chi connectivity index (χ3n) is 3.92. The van der Waals surface area contributed by atoms with Gasteiger partial charge in [-0.1, -0.05) is 12.8 Å². The zero-order chi connectivity index (χ0) is 16.8. The molecule has 1 aliphatic rings. The lowest BCUT2D eigenvalue weighted by atomic mass is 9.83. The van der Waals surface area contributed by atoms with Gasteiger partial charge in [0.2, 0.25) is 0 Å². The zero-order valence-electron chi connectivity index (χ0n) is 13.6. The van der Waals surface area contributed by atoms with E-state index in [1.54, 1.807) is 0 Å². The van der Waals surface area contributed by atoms with Gasteiger partial charge < -0.3 is 25.6 Å². The average molecular weight is 315 g/mol. The van der Waals surface area contributed by atoms with E-state index in [1.165, 1.54) is 19.5 Å². The molecule has 0 aliphatic carbocycles. The molecule has 1 heterocycles. The van der Waals surface area contributed by atoms with Crippen LogP contribution in [0.25, 0.3) is 0 Å². The smallest absolute Gasteiger partial charge is 0.427 e. The molecule has 8 heteroatoms. The highest BCUT2D eigenvalue weighted by molar-refractivity contribution is 6.40. The molecule has 1 unspecified atom stereocenters. The maximum absolute atomic E-state index is 8.75. The summed E-state index contributed by atoms with van der Waals surface area (Å²) in [7, 11) is 1.02. The molecule has 1 saturated heterocycles. The molecule has 0 aromatic rings. The second-order valence-corrected chi connectivity index (χ2v) is 5.90. The lowest BCUT2D eigenvalue weighted by Gasteiger charge is -2.22. The van der Waals surface area contributed by atoms with Crippen LogP contribution < -0.4 is 5.73 Å². The van der Waals surface area contributed by atoms with E-state index in [1.807, 2.05) is 0 Å². The summed E-state index contributed by atoms with van der Waals surface area (Å²) in [5, 5.41) is 17.5. The van der Waals surface area contributed by atoms with Gasteiger partial charge in [0.1, 0.15) is 0 Å². The number of unbranched alkanes of at least 4 members (excludes halogenated alkanes) is 1. The minimum Gasteiger partial charge on any atom is -0.427 e. The standard InChI is InChI=1S/C13H30BN3O2.CO2/c1-16-8-4-9-17(12-11-16)10-6-13(15)5-2-3-7-14(18)19;2-1-3/h13,18-19H,2-12,15H2,1H3;. The number of nitrogens with two attached hydrogens (primary N) is 1. The summed E-state index contributed by atoms with van der Waals surface area (Å²) in [6.45, 7) is 5.79. The van der Waals surface area contributed by atoms with Crippen LogP contribution >= 0.6 is 0 Å². The average Bonchev–Trinajstić information content (AvgIpc) is 2.67. The van der Waals surface area contributed by atoms with E-state index in [2.05, 4.69) is 16.8 Å². The van der Waals surface area contributed by atoms with Crippen molar-refractivity contribution >= 4 is 13.3 Å². The highest BCUT2D eigenvalue weighted by Crippen LogP contribution is 2.08. The van der Waals surface area contributed by atoms with Gasteiger partial charge in [-0.3, -0.25) is 0 Å². The molecule has 0 radical (unpaired) electrons. The maximum Gasteiger partial charge on any atom is 0.451 e. The van der Waals surface area contributed by atoms with Gasteiger partial charge in [-0.25, -0.2) is 0 Å². The van der Waals surface area contributed by atoms with Gasteiger partial charge >= 0.3 is 13.3 Å². The molecule has 22 heavy (non-hydrogen) atoms. The van der Waals surface area contributed by atoms with Crippen LogP contribution in [0.15, 0.2) is 0 Å². The Morgan fingerprint density at radius 2 is 1.82 bits per heavy atom. The first-order chi connectivity index (χ1) is 10.5. The fraction of sp³-hybridized carbons (Fsp3) is 0.929. The van der Waals surface area contributed by atoms with Crippen molar-refractivity contribution in [2.75, 3.05) is 39.8 Å². The predicted molar refractivity (Wildman–Crippen MR) is 85.0 cm³/mol. The number of rotatable bonds is 8. The topological polar surface area (TPSA) is 107 Å². The lowest BCUT2D eigenvalue weighted by Crippen LogP contribution is -2.33. The molecule has 0 amide bonds. The van der Waals surface area contributed by atoms with Crippen LogP contribution in [0.3, 0.4) is 0 Å². The van der Waals surface area contributed by atoms with E-state index in [0.717, 1.165) is 45.3 Å². The minimum atomic E-state index is -1.16. The fourth-order valence-electron chi connectivity index (χ4n) is 2.55. The van der Waals surface area contributed by atoms with E-state index in [0.29, 0.717) is 6.32 Å². The number of likely N-dealkylation sites (N-methyl/N-ethyl adjacent to an activating group) is 1. The molecule has 0 bridgehead atoms. The molecule has 1 rings (SSSR count). The lowest BCUT2D eigenvalue weighted by molar-refractivity contribution is -0.191. The zero-order valence-corrected chi connectivity index (χ0v) is 13.6. The monoisotopic (exact) mass is 315 g/mol. The molecule has 1 fully saturated rings. The van der Waals surface area contributed by atoms with Crippen molar-refractivity contribution in [2.45, 2.75) is 44.5 Å². The quantitative estimate of drug-likeness (QED) is 0.405. The highest BCUT2D eigenvalue weighted by atomic mass is 16.4. The maximum atomic E-state index is 8.75. The molecule has 0 saturated carbocycles. The van der Waals surface area contributed by atoms with Crippen LogP contribution in [-0.4, -0.2) is 78.9 Å². The predicted octanol–water partition coefficient (Wildman–Crippen LogP) is -0.599. The van der Waals surface area contributed by atoms with E-state index in [-0.39, 0.29) is 12.2 Å². The molecule has 1 aliphatic heterocycles. The van der Waals surface area contributed by atoms with Gasteiger partial charge in [0.25, 0.3) is 0 Å². The first kappa shape index (κ1) is 21.2. The highest BCUT2D eigenvalue weighted by Gasteiger charge is 2.13. The Bertz CT molecular complexity index is 302. The van der Waals surface area contributed by atoms with Gasteiger partial charge in [-0.2, -0.15) is 9.59 Å². The summed E-state index contributed by atoms with van der Waals surface area (Å²) >= 11 is 0. The van der Waals surface area contributed by atoms with Crippen LogP contribution in [0.1, 0.15) is 32.1 Å². The van der Waals surface area contributed by atoms with Crippen LogP contribution in [0.5, 0.6) is 0 Å². The fourth-order valence-corrected chi connectivity index (χ4v) is 2.55. The third kappa shape index (κ3) is 12.9. The van der Waals surface area contributed by atoms with E-state index in [9.17, 15) is 0 Å². The first-order valence-electron chi connectivity index (χ1n) is 8.01. The van der Waals surface area contributed by atoms with Gasteiger partial charge in [0.05, 0.1) is 0 Å². The summed E-state index contributed by atoms with van der Waals surface area (Å²) in [4.78, 5) is 21.2. The molecular weight excluding hydrogens is 285 g/mol. The van der Waals surface area contributed by atoms with Gasteiger partial charge in [-0.15, -0.1) is 0 Å². The van der Waals surface area contributed by atoms with Crippen LogP contribution in [-0.2, 0) is 9.59 Å². The molecule has 0 aromatic heterocycles. The largest absolute Gasteiger partial charge is 0.451 e. The molecule has 0 spiro atoms. The summed E-state index contributed by atoms with van der Waals surface area (Å²) in [6, 6.07) is 0.247. The Morgan fingerprint density at radius 1 is 1.14 bits per heavy atom. The van der Waals surface area contributed by atoms with Gasteiger partial charge in [0.15, 0.2) is 0 Å². The Hall–Kier alpha value is -0.755. The van der Waals surface area contributed by atoms with Crippen molar-refractivity contribution in [3.05, 3.63) is 0 Å². The molecule has 7 nitrogen and oxygen atoms in total. The summed E-state index contributed by atoms with van der Waals surface area (Å²) < 4.78 is 0. The molecular formula is C14H30BN3O4. The molecule has 128 valence electrons. The Morgan fingerprint density at radius 3 is 2.45 bits per heavy atom. The Balaban J connectivity index is 0.00000135. The summed E-state index contributed by atoms with van der Waals surface area (Å²) in [6.07, 6.45) is 5.83. The van der Waals surface area contributed by atoms with Crippen LogP contribution in [0, 0.1) is 0 Å². The number of hydrogen-bond donors (Lipinski definition) is 3. The second-order valence-electron chi connectivity index (χ2n) is 5.90. The number of carbonyl (C=O) groups excluding carboxylic acids is 2. The van der Waals surface area contributed by atoms with Crippen molar-refractivity contribution in [3.8, 4) is 0 Å². The van der Waals surface area contributed by atoms with Gasteiger partial charge in [-0.05, 0) is 52.3 Å². The number of hydrogen-bond acceptors (Lipinski definition) is 7. The first-order valence-corrected chi connectivity index (χ1v) is 8.01. The summed E-state index contributed by atoms with van der Waals surface area (Å²) in [5.41, 5.74) is 6.11. The normalized spacial score (nSPS) is 17.8. The molecule has 0 aromatic carbocycles. The number of nitrogens with zero attached hydrogens (tertiary/aromatic N) is 2. The Kier molecular flexibility index (Phi) is 13.4. The molecule has 1 atom stereocenters. The SMILES string of the molecule is CN1CCCN(CCC(N)CCCCB(O)O)CC1.O=C=O. The van der Waals surface area contributed by atoms with E-state index >= 15 is 0 Å². The van der Waals surface area contributed by atoms with Crippen LogP contribution in [0.4, 0.5) is 0 Å². The van der Waals surface area contributed by atoms with Crippen molar-refractivity contribution in [1.29, 1.82) is 0 Å². The Labute approximate surface area is 133 Å². The minimum absolute atomic E-state index is 0.247.